The Morgan fingerprint density at radius 1 is 1.57 bits per heavy atom. The first-order valence-corrected chi connectivity index (χ1v) is 6.57. The molecule has 2 rings (SSSR count). The van der Waals surface area contributed by atoms with Crippen LogP contribution in [0.3, 0.4) is 0 Å². The lowest BCUT2D eigenvalue weighted by Gasteiger charge is -2.42. The van der Waals surface area contributed by atoms with Crippen LogP contribution in [-0.2, 0) is 4.79 Å². The highest BCUT2D eigenvalue weighted by molar-refractivity contribution is 5.79. The number of hydrogen-bond acceptors (Lipinski definition) is 5. The molecule has 0 aliphatic carbocycles. The predicted octanol–water partition coefficient (Wildman–Crippen LogP) is 1.63. The van der Waals surface area contributed by atoms with Crippen molar-refractivity contribution in [1.82, 2.24) is 15.1 Å². The summed E-state index contributed by atoms with van der Waals surface area (Å²) in [6.45, 7) is 6.66. The van der Waals surface area contributed by atoms with E-state index in [2.05, 4.69) is 39.0 Å². The lowest BCUT2D eigenvalue weighted by Crippen LogP contribution is -2.52. The molecule has 118 valence electrons. The van der Waals surface area contributed by atoms with Gasteiger partial charge in [0.15, 0.2) is 0 Å². The molecule has 1 aliphatic heterocycles. The number of H-pyrrole nitrogens is 1. The van der Waals surface area contributed by atoms with Gasteiger partial charge in [-0.15, -0.1) is 0 Å². The van der Waals surface area contributed by atoms with Gasteiger partial charge in [-0.3, -0.25) is 0 Å². The second-order valence-electron chi connectivity index (χ2n) is 5.29. The van der Waals surface area contributed by atoms with Crippen molar-refractivity contribution in [2.24, 2.45) is 5.92 Å². The zero-order valence-corrected chi connectivity index (χ0v) is 11.7. The first-order valence-electron chi connectivity index (χ1n) is 6.57. The molecule has 1 saturated heterocycles. The normalized spacial score (nSPS) is 16.9. The van der Waals surface area contributed by atoms with Crippen LogP contribution < -0.4 is 10.1 Å². The molecule has 2 N–H and O–H groups in total. The predicted molar refractivity (Wildman–Crippen MR) is 69.0 cm³/mol. The number of carbonyl (C=O) groups is 1. The number of anilines is 1. The van der Waals surface area contributed by atoms with Crippen molar-refractivity contribution in [2.45, 2.75) is 26.1 Å². The summed E-state index contributed by atoms with van der Waals surface area (Å²) in [5.74, 6) is -2.18. The number of alkyl halides is 3. The Morgan fingerprint density at radius 2 is 2.24 bits per heavy atom. The Balaban J connectivity index is 1.83. The molecule has 0 saturated carbocycles. The molecule has 1 aromatic heterocycles. The van der Waals surface area contributed by atoms with E-state index in [4.69, 9.17) is 0 Å². The highest BCUT2D eigenvalue weighted by Crippen LogP contribution is 2.26. The molecule has 0 radical (unpaired) electrons. The van der Waals surface area contributed by atoms with Crippen LogP contribution in [0, 0.1) is 5.92 Å². The van der Waals surface area contributed by atoms with Gasteiger partial charge in [-0.25, -0.2) is 9.89 Å². The standard InChI is InChI=1S/C12H17F3N4O2/c1-7(2)19-5-8(6-19)3-16-9-4-17-18-10(9)21-11(20)12(13,14)15/h4,7-8,16H,3,5-6H2,1-2H3,(H,17,18). The van der Waals surface area contributed by atoms with Crippen molar-refractivity contribution < 1.29 is 22.7 Å². The Hall–Kier alpha value is -1.77. The van der Waals surface area contributed by atoms with Gasteiger partial charge in [-0.2, -0.15) is 18.3 Å². The van der Waals surface area contributed by atoms with E-state index in [1.54, 1.807) is 0 Å². The van der Waals surface area contributed by atoms with Crippen molar-refractivity contribution in [2.75, 3.05) is 25.0 Å². The molecule has 0 bridgehead atoms. The molecule has 0 aromatic carbocycles. The maximum absolute atomic E-state index is 12.1. The molecule has 2 heterocycles. The van der Waals surface area contributed by atoms with E-state index >= 15 is 0 Å². The SMILES string of the molecule is CC(C)N1CC(CNc2cn[nH]c2OC(=O)C(F)(F)F)C1. The zero-order valence-electron chi connectivity index (χ0n) is 11.7. The van der Waals surface area contributed by atoms with Crippen molar-refractivity contribution in [3.63, 3.8) is 0 Å². The Morgan fingerprint density at radius 3 is 2.81 bits per heavy atom. The average molecular weight is 306 g/mol. The van der Waals surface area contributed by atoms with E-state index in [1.807, 2.05) is 0 Å². The summed E-state index contributed by atoms with van der Waals surface area (Å²) in [6.07, 6.45) is -3.74. The van der Waals surface area contributed by atoms with Gasteiger partial charge in [-0.1, -0.05) is 0 Å². The fraction of sp³-hybridized carbons (Fsp3) is 0.667. The van der Waals surface area contributed by atoms with E-state index in [-0.39, 0.29) is 11.6 Å². The number of aromatic nitrogens is 2. The van der Waals surface area contributed by atoms with Crippen LogP contribution in [0.4, 0.5) is 18.9 Å². The second kappa shape index (κ2) is 5.92. The average Bonchev–Trinajstić information content (AvgIpc) is 2.72. The maximum Gasteiger partial charge on any atom is 0.491 e. The van der Waals surface area contributed by atoms with E-state index in [0.717, 1.165) is 13.1 Å². The third-order valence-electron chi connectivity index (χ3n) is 3.33. The molecule has 0 unspecified atom stereocenters. The molecule has 0 atom stereocenters. The topological polar surface area (TPSA) is 70.2 Å². The summed E-state index contributed by atoms with van der Waals surface area (Å²) in [6, 6.07) is 0.485. The molecule has 21 heavy (non-hydrogen) atoms. The van der Waals surface area contributed by atoms with Crippen LogP contribution in [0.1, 0.15) is 13.8 Å². The first kappa shape index (κ1) is 15.6. The van der Waals surface area contributed by atoms with Crippen LogP contribution >= 0.6 is 0 Å². The number of rotatable bonds is 5. The Labute approximate surface area is 119 Å². The molecule has 6 nitrogen and oxygen atoms in total. The van der Waals surface area contributed by atoms with Crippen molar-refractivity contribution >= 4 is 11.7 Å². The summed E-state index contributed by atoms with van der Waals surface area (Å²) in [7, 11) is 0. The highest BCUT2D eigenvalue weighted by Gasteiger charge is 2.42. The minimum atomic E-state index is -5.03. The lowest BCUT2D eigenvalue weighted by atomic mass is 9.98. The molecule has 0 spiro atoms. The largest absolute Gasteiger partial charge is 0.491 e. The van der Waals surface area contributed by atoms with Crippen molar-refractivity contribution in [3.8, 4) is 5.88 Å². The molecule has 1 aromatic rings. The van der Waals surface area contributed by atoms with Crippen LogP contribution in [0.15, 0.2) is 6.20 Å². The molecular weight excluding hydrogens is 289 g/mol. The van der Waals surface area contributed by atoms with E-state index in [1.165, 1.54) is 6.20 Å². The van der Waals surface area contributed by atoms with Crippen molar-refractivity contribution in [3.05, 3.63) is 6.20 Å². The fourth-order valence-electron chi connectivity index (χ4n) is 2.04. The number of ether oxygens (including phenoxy) is 1. The third kappa shape index (κ3) is 3.87. The second-order valence-corrected chi connectivity index (χ2v) is 5.29. The summed E-state index contributed by atoms with van der Waals surface area (Å²) in [5.41, 5.74) is 0.246. The smallest absolute Gasteiger partial charge is 0.399 e. The first-order chi connectivity index (χ1) is 9.77. The quantitative estimate of drug-likeness (QED) is 0.809. The monoisotopic (exact) mass is 306 g/mol. The van der Waals surface area contributed by atoms with Crippen molar-refractivity contribution in [1.29, 1.82) is 0 Å². The fourth-order valence-corrected chi connectivity index (χ4v) is 2.04. The molecule has 9 heteroatoms. The lowest BCUT2D eigenvalue weighted by molar-refractivity contribution is -0.189. The zero-order chi connectivity index (χ0) is 15.6. The minimum Gasteiger partial charge on any atom is -0.399 e. The minimum absolute atomic E-state index is 0.246. The maximum atomic E-state index is 12.1. The van der Waals surface area contributed by atoms with Gasteiger partial charge in [0.25, 0.3) is 0 Å². The van der Waals surface area contributed by atoms with Crippen LogP contribution in [-0.4, -0.2) is 52.9 Å². The number of aromatic amines is 1. The van der Waals surface area contributed by atoms with E-state index < -0.39 is 12.1 Å². The van der Waals surface area contributed by atoms with Gasteiger partial charge in [0.1, 0.15) is 5.69 Å². The number of hydrogen-bond donors (Lipinski definition) is 2. The van der Waals surface area contributed by atoms with Gasteiger partial charge in [0, 0.05) is 31.6 Å². The third-order valence-corrected chi connectivity index (χ3v) is 3.33. The molecule has 0 amide bonds. The van der Waals surface area contributed by atoms with Gasteiger partial charge in [0.05, 0.1) is 6.20 Å². The highest BCUT2D eigenvalue weighted by atomic mass is 19.4. The number of nitrogens with one attached hydrogen (secondary N) is 2. The van der Waals surface area contributed by atoms with Crippen LogP contribution in [0.5, 0.6) is 5.88 Å². The summed E-state index contributed by atoms with van der Waals surface area (Å²) >= 11 is 0. The molecular formula is C12H17F3N4O2. The van der Waals surface area contributed by atoms with Crippen LogP contribution in [0.25, 0.3) is 0 Å². The summed E-state index contributed by atoms with van der Waals surface area (Å²) in [5, 5.41) is 8.76. The van der Waals surface area contributed by atoms with E-state index in [0.29, 0.717) is 18.5 Å². The number of halogens is 3. The number of nitrogens with zero attached hydrogens (tertiary/aromatic N) is 2. The number of carbonyl (C=O) groups excluding carboxylic acids is 1. The van der Waals surface area contributed by atoms with E-state index in [9.17, 15) is 18.0 Å². The summed E-state index contributed by atoms with van der Waals surface area (Å²) in [4.78, 5) is 13.1. The number of esters is 1. The Bertz CT molecular complexity index is 495. The van der Waals surface area contributed by atoms with Gasteiger partial charge in [0.2, 0.25) is 5.88 Å². The van der Waals surface area contributed by atoms with Gasteiger partial charge >= 0.3 is 12.1 Å². The molecule has 1 aliphatic rings. The summed E-state index contributed by atoms with van der Waals surface area (Å²) < 4.78 is 40.6. The Kier molecular flexibility index (Phi) is 4.40. The van der Waals surface area contributed by atoms with Crippen LogP contribution in [0.2, 0.25) is 0 Å². The number of likely N-dealkylation sites (tertiary alicyclic amines) is 1. The van der Waals surface area contributed by atoms with Gasteiger partial charge < -0.3 is 15.0 Å². The van der Waals surface area contributed by atoms with Gasteiger partial charge in [-0.05, 0) is 13.8 Å². The molecule has 1 fully saturated rings.